The summed E-state index contributed by atoms with van der Waals surface area (Å²) in [5.41, 5.74) is 1.57. The van der Waals surface area contributed by atoms with Gasteiger partial charge in [-0.1, -0.05) is 32.9 Å². The fourth-order valence-electron chi connectivity index (χ4n) is 8.12. The number of fused-ring (bicyclic) bond motifs is 7. The first-order valence-electron chi connectivity index (χ1n) is 12.0. The Hall–Kier alpha value is -1.42. The molecule has 0 aromatic rings. The van der Waals surface area contributed by atoms with Crippen LogP contribution in [-0.2, 0) is 14.3 Å². The van der Waals surface area contributed by atoms with Crippen LogP contribution in [0, 0.1) is 40.4 Å². The molecule has 30 heavy (non-hydrogen) atoms. The third kappa shape index (κ3) is 2.75. The molecule has 0 N–H and O–H groups in total. The number of carbonyl (C=O) groups excluding carboxylic acids is 2. The lowest BCUT2D eigenvalue weighted by atomic mass is 9.48. The van der Waals surface area contributed by atoms with Gasteiger partial charge in [0.25, 0.3) is 0 Å². The molecule has 3 fully saturated rings. The number of ether oxygens (including phenoxy) is 1. The number of ketones is 1. The van der Waals surface area contributed by atoms with Gasteiger partial charge in [0.05, 0.1) is 0 Å². The fraction of sp³-hybridized carbons (Fsp3) is 0.769. The number of nitrogens with zero attached hydrogens (tertiary/aromatic N) is 1. The highest BCUT2D eigenvalue weighted by Gasteiger charge is 2.66. The van der Waals surface area contributed by atoms with Crippen molar-refractivity contribution in [2.45, 2.75) is 71.5 Å². The topological polar surface area (TPSA) is 49.9 Å². The molecule has 0 radical (unpaired) electrons. The number of epoxide rings is 1. The minimum atomic E-state index is -0.176. The summed E-state index contributed by atoms with van der Waals surface area (Å²) in [6, 6.07) is 0. The molecule has 0 bridgehead atoms. The first kappa shape index (κ1) is 20.5. The second kappa shape index (κ2) is 6.79. The molecule has 164 valence electrons. The monoisotopic (exact) mass is 411 g/mol. The maximum absolute atomic E-state index is 12.2. The Labute approximate surface area is 181 Å². The van der Waals surface area contributed by atoms with Crippen LogP contribution in [0.3, 0.4) is 0 Å². The predicted octanol–water partition coefficient (Wildman–Crippen LogP) is 4.40. The average Bonchev–Trinajstić information content (AvgIpc) is 3.44. The maximum Gasteiger partial charge on any atom is 0.222 e. The van der Waals surface area contributed by atoms with Crippen molar-refractivity contribution in [3.05, 3.63) is 23.8 Å². The molecule has 2 saturated carbocycles. The number of carbonyl (C=O) groups is 2. The van der Waals surface area contributed by atoms with E-state index in [1.54, 1.807) is 4.90 Å². The van der Waals surface area contributed by atoms with Gasteiger partial charge in [-0.2, -0.15) is 0 Å². The van der Waals surface area contributed by atoms with Crippen LogP contribution in [0.4, 0.5) is 0 Å². The molecule has 5 aliphatic rings. The molecule has 5 rings (SSSR count). The number of hydrogen-bond donors (Lipinski definition) is 0. The van der Waals surface area contributed by atoms with E-state index in [1.165, 1.54) is 31.3 Å². The SMILES string of the molecule is C[C@H](CCC(=O)N(C)C)[C@H]1CC[C@H]2[C@@H]3C=CC4=CC(=O)[C@@H]5O[C@@H]5[C@]4(C)[C@H]3CC[C@]12C. The van der Waals surface area contributed by atoms with E-state index in [0.717, 1.165) is 6.42 Å². The first-order chi connectivity index (χ1) is 14.2. The predicted molar refractivity (Wildman–Crippen MR) is 117 cm³/mol. The van der Waals surface area contributed by atoms with Crippen molar-refractivity contribution in [2.24, 2.45) is 40.4 Å². The molecule has 4 heteroatoms. The number of rotatable bonds is 4. The normalized spacial score (nSPS) is 46.8. The van der Waals surface area contributed by atoms with E-state index < -0.39 is 0 Å². The second-order valence-corrected chi connectivity index (χ2v) is 11.4. The molecule has 4 nitrogen and oxygen atoms in total. The Morgan fingerprint density at radius 1 is 1.23 bits per heavy atom. The van der Waals surface area contributed by atoms with Gasteiger partial charge in [-0.3, -0.25) is 9.59 Å². The molecule has 9 atom stereocenters. The lowest BCUT2D eigenvalue weighted by Gasteiger charge is -2.56. The van der Waals surface area contributed by atoms with Crippen LogP contribution in [-0.4, -0.2) is 42.9 Å². The maximum atomic E-state index is 12.2. The van der Waals surface area contributed by atoms with Crippen molar-refractivity contribution >= 4 is 11.7 Å². The Balaban J connectivity index is 1.37. The van der Waals surface area contributed by atoms with Gasteiger partial charge in [0.1, 0.15) is 12.2 Å². The molecule has 0 unspecified atom stereocenters. The number of hydrogen-bond acceptors (Lipinski definition) is 3. The van der Waals surface area contributed by atoms with Gasteiger partial charge >= 0.3 is 0 Å². The first-order valence-corrected chi connectivity index (χ1v) is 12.0. The van der Waals surface area contributed by atoms with Gasteiger partial charge in [-0.15, -0.1) is 0 Å². The van der Waals surface area contributed by atoms with Crippen molar-refractivity contribution < 1.29 is 14.3 Å². The molecule has 4 aliphatic carbocycles. The van der Waals surface area contributed by atoms with Crippen LogP contribution in [0.2, 0.25) is 0 Å². The largest absolute Gasteiger partial charge is 0.360 e. The lowest BCUT2D eigenvalue weighted by molar-refractivity contribution is -0.129. The van der Waals surface area contributed by atoms with Gasteiger partial charge in [-0.25, -0.2) is 0 Å². The van der Waals surface area contributed by atoms with Crippen molar-refractivity contribution in [2.75, 3.05) is 14.1 Å². The highest BCUT2D eigenvalue weighted by molar-refractivity contribution is 5.98. The summed E-state index contributed by atoms with van der Waals surface area (Å²) in [6.45, 7) is 7.28. The van der Waals surface area contributed by atoms with Crippen LogP contribution in [0.5, 0.6) is 0 Å². The fourth-order valence-corrected chi connectivity index (χ4v) is 8.12. The highest BCUT2D eigenvalue weighted by atomic mass is 16.6. The molecular weight excluding hydrogens is 374 g/mol. The molecule has 1 aliphatic heterocycles. The summed E-state index contributed by atoms with van der Waals surface area (Å²) < 4.78 is 5.91. The Bertz CT molecular complexity index is 828. The van der Waals surface area contributed by atoms with E-state index >= 15 is 0 Å². The van der Waals surface area contributed by atoms with E-state index in [1.807, 2.05) is 20.2 Å². The standard InChI is InChI=1S/C26H37NO3/c1-15(6-11-22(29)27(4)5)18-9-10-19-17-8-7-16-14-21(28)23-24(30-23)26(16,3)20(17)12-13-25(18,19)2/h7-8,14-15,17-20,23-24H,6,9-13H2,1-5H3/t15-,17+,18-,19+,20+,23+,24+,25-,26+/m1/s1. The second-order valence-electron chi connectivity index (χ2n) is 11.4. The lowest BCUT2D eigenvalue weighted by Crippen LogP contribution is -2.51. The van der Waals surface area contributed by atoms with Crippen molar-refractivity contribution in [1.29, 1.82) is 0 Å². The molecule has 0 aromatic carbocycles. The highest BCUT2D eigenvalue weighted by Crippen LogP contribution is 2.68. The quantitative estimate of drug-likeness (QED) is 0.644. The summed E-state index contributed by atoms with van der Waals surface area (Å²) in [6.07, 6.45) is 13.2. The van der Waals surface area contributed by atoms with Gasteiger partial charge in [0.15, 0.2) is 5.78 Å². The smallest absolute Gasteiger partial charge is 0.222 e. The van der Waals surface area contributed by atoms with Gasteiger partial charge in [0, 0.05) is 25.9 Å². The number of amides is 1. The average molecular weight is 412 g/mol. The number of allylic oxidation sites excluding steroid dienone is 2. The van der Waals surface area contributed by atoms with Crippen LogP contribution in [0.1, 0.15) is 59.3 Å². The van der Waals surface area contributed by atoms with Crippen molar-refractivity contribution in [1.82, 2.24) is 4.90 Å². The summed E-state index contributed by atoms with van der Waals surface area (Å²) >= 11 is 0. The minimum absolute atomic E-state index is 0.00115. The Morgan fingerprint density at radius 3 is 2.73 bits per heavy atom. The third-order valence-corrected chi connectivity index (χ3v) is 9.96. The van der Waals surface area contributed by atoms with E-state index in [4.69, 9.17) is 4.74 Å². The summed E-state index contributed by atoms with van der Waals surface area (Å²) in [5, 5.41) is 0. The van der Waals surface area contributed by atoms with E-state index in [0.29, 0.717) is 41.4 Å². The summed E-state index contributed by atoms with van der Waals surface area (Å²) in [4.78, 5) is 26.1. The third-order valence-electron chi connectivity index (χ3n) is 9.96. The van der Waals surface area contributed by atoms with E-state index in [9.17, 15) is 9.59 Å². The van der Waals surface area contributed by atoms with Gasteiger partial charge in [-0.05, 0) is 78.8 Å². The molecule has 1 heterocycles. The van der Waals surface area contributed by atoms with Crippen LogP contribution < -0.4 is 0 Å². The van der Waals surface area contributed by atoms with Gasteiger partial charge in [0.2, 0.25) is 5.91 Å². The summed E-state index contributed by atoms with van der Waals surface area (Å²) in [5.74, 6) is 3.58. The van der Waals surface area contributed by atoms with Crippen molar-refractivity contribution in [3.63, 3.8) is 0 Å². The molecule has 0 aromatic heterocycles. The Morgan fingerprint density at radius 2 is 2.00 bits per heavy atom. The summed E-state index contributed by atoms with van der Waals surface area (Å²) in [7, 11) is 3.71. The molecular formula is C26H37NO3. The van der Waals surface area contributed by atoms with Crippen LogP contribution in [0.25, 0.3) is 0 Å². The zero-order chi connectivity index (χ0) is 21.4. The molecule has 1 amide bonds. The van der Waals surface area contributed by atoms with E-state index in [2.05, 4.69) is 32.9 Å². The molecule has 1 saturated heterocycles. The van der Waals surface area contributed by atoms with E-state index in [-0.39, 0.29) is 29.3 Å². The van der Waals surface area contributed by atoms with Crippen molar-refractivity contribution in [3.8, 4) is 0 Å². The zero-order valence-corrected chi connectivity index (χ0v) is 19.2. The zero-order valence-electron chi connectivity index (χ0n) is 19.2. The minimum Gasteiger partial charge on any atom is -0.360 e. The Kier molecular flexibility index (Phi) is 4.63. The molecule has 0 spiro atoms. The van der Waals surface area contributed by atoms with Crippen LogP contribution >= 0.6 is 0 Å². The van der Waals surface area contributed by atoms with Gasteiger partial charge < -0.3 is 9.64 Å². The van der Waals surface area contributed by atoms with Crippen LogP contribution in [0.15, 0.2) is 23.8 Å².